The van der Waals surface area contributed by atoms with E-state index in [1.54, 1.807) is 24.3 Å². The number of nitrogens with one attached hydrogen (secondary N) is 2. The highest BCUT2D eigenvalue weighted by molar-refractivity contribution is 7.16. The number of hydrogen-bond donors (Lipinski definition) is 2. The maximum absolute atomic E-state index is 12.4. The maximum atomic E-state index is 12.4. The highest BCUT2D eigenvalue weighted by Crippen LogP contribution is 2.32. The second-order valence-corrected chi connectivity index (χ2v) is 7.32. The lowest BCUT2D eigenvalue weighted by atomic mass is 10.0. The number of carbonyl (C=O) groups excluding carboxylic acids is 2. The van der Waals surface area contributed by atoms with Gasteiger partial charge in [0.1, 0.15) is 11.1 Å². The molecule has 7 heteroatoms. The van der Waals surface area contributed by atoms with Crippen LogP contribution in [0.1, 0.15) is 41.0 Å². The molecule has 0 aliphatic carbocycles. The van der Waals surface area contributed by atoms with Crippen LogP contribution in [0.2, 0.25) is 5.02 Å². The molecule has 0 fully saturated rings. The summed E-state index contributed by atoms with van der Waals surface area (Å²) in [6, 6.07) is 8.63. The third-order valence-corrected chi connectivity index (χ3v) is 5.16. The second kappa shape index (κ2) is 8.15. The monoisotopic (exact) mass is 375 g/mol. The molecule has 0 radical (unpaired) electrons. The molecule has 2 amide bonds. The molecular weight excluding hydrogens is 358 g/mol. The molecule has 1 atom stereocenters. The minimum Gasteiger partial charge on any atom is -0.349 e. The lowest BCUT2D eigenvalue weighted by molar-refractivity contribution is -0.120. The molecule has 0 bridgehead atoms. The van der Waals surface area contributed by atoms with Gasteiger partial charge in [0.15, 0.2) is 0 Å². The van der Waals surface area contributed by atoms with Crippen molar-refractivity contribution in [1.29, 1.82) is 5.26 Å². The number of aryl methyl sites for hydroxylation is 1. The molecule has 130 valence electrons. The van der Waals surface area contributed by atoms with E-state index in [-0.39, 0.29) is 18.2 Å². The van der Waals surface area contributed by atoms with Crippen molar-refractivity contribution in [3.8, 4) is 6.07 Å². The third-order valence-electron chi connectivity index (χ3n) is 3.79. The zero-order valence-electron chi connectivity index (χ0n) is 14.1. The second-order valence-electron chi connectivity index (χ2n) is 5.66. The molecule has 25 heavy (non-hydrogen) atoms. The minimum absolute atomic E-state index is 0.0576. The molecule has 1 unspecified atom stereocenters. The van der Waals surface area contributed by atoms with Gasteiger partial charge in [-0.1, -0.05) is 23.7 Å². The van der Waals surface area contributed by atoms with Crippen molar-refractivity contribution in [3.63, 3.8) is 0 Å². The molecule has 2 aromatic rings. The van der Waals surface area contributed by atoms with Crippen molar-refractivity contribution in [2.45, 2.75) is 33.2 Å². The average Bonchev–Trinajstić information content (AvgIpc) is 2.80. The van der Waals surface area contributed by atoms with Crippen LogP contribution in [0.15, 0.2) is 24.3 Å². The number of anilines is 1. The first-order valence-corrected chi connectivity index (χ1v) is 8.83. The van der Waals surface area contributed by atoms with Crippen molar-refractivity contribution in [1.82, 2.24) is 5.32 Å². The summed E-state index contributed by atoms with van der Waals surface area (Å²) in [4.78, 5) is 24.9. The van der Waals surface area contributed by atoms with Gasteiger partial charge in [0.2, 0.25) is 11.8 Å². The standard InChI is InChI=1S/C18H18ClN3O2S/c1-10-11(2)25-18(15(10)9-20)22-17(24)8-16(21-12(3)23)13-4-6-14(19)7-5-13/h4-7,16H,8H2,1-3H3,(H,21,23)(H,22,24). The van der Waals surface area contributed by atoms with Gasteiger partial charge in [-0.3, -0.25) is 9.59 Å². The summed E-state index contributed by atoms with van der Waals surface area (Å²) in [7, 11) is 0. The SMILES string of the molecule is CC(=O)NC(CC(=O)Nc1sc(C)c(C)c1C#N)c1ccc(Cl)cc1. The van der Waals surface area contributed by atoms with Gasteiger partial charge >= 0.3 is 0 Å². The van der Waals surface area contributed by atoms with Crippen LogP contribution in [-0.4, -0.2) is 11.8 Å². The molecule has 0 saturated heterocycles. The van der Waals surface area contributed by atoms with E-state index >= 15 is 0 Å². The van der Waals surface area contributed by atoms with Gasteiger partial charge < -0.3 is 10.6 Å². The zero-order valence-corrected chi connectivity index (χ0v) is 15.7. The van der Waals surface area contributed by atoms with E-state index in [4.69, 9.17) is 11.6 Å². The molecule has 2 N–H and O–H groups in total. The molecule has 1 aromatic carbocycles. The Morgan fingerprint density at radius 1 is 1.28 bits per heavy atom. The van der Waals surface area contributed by atoms with Crippen LogP contribution < -0.4 is 10.6 Å². The first-order chi connectivity index (χ1) is 11.8. The van der Waals surface area contributed by atoms with E-state index in [9.17, 15) is 14.9 Å². The zero-order chi connectivity index (χ0) is 18.6. The topological polar surface area (TPSA) is 82.0 Å². The number of rotatable bonds is 5. The Bertz CT molecular complexity index is 837. The first-order valence-electron chi connectivity index (χ1n) is 7.64. The van der Waals surface area contributed by atoms with E-state index in [1.165, 1.54) is 18.3 Å². The van der Waals surface area contributed by atoms with Crippen molar-refractivity contribution >= 4 is 39.8 Å². The van der Waals surface area contributed by atoms with Gasteiger partial charge in [0.05, 0.1) is 18.0 Å². The summed E-state index contributed by atoms with van der Waals surface area (Å²) in [6.07, 6.45) is 0.0576. The molecule has 0 saturated carbocycles. The van der Waals surface area contributed by atoms with E-state index in [0.717, 1.165) is 16.0 Å². The predicted octanol–water partition coefficient (Wildman–Crippen LogP) is 4.10. The normalized spacial score (nSPS) is 11.5. The number of benzene rings is 1. The van der Waals surface area contributed by atoms with Gasteiger partial charge in [-0.2, -0.15) is 5.26 Å². The van der Waals surface area contributed by atoms with Gasteiger partial charge in [-0.15, -0.1) is 11.3 Å². The van der Waals surface area contributed by atoms with Crippen LogP contribution in [-0.2, 0) is 9.59 Å². The van der Waals surface area contributed by atoms with Crippen LogP contribution >= 0.6 is 22.9 Å². The number of thiophene rings is 1. The molecule has 1 heterocycles. The van der Waals surface area contributed by atoms with E-state index in [2.05, 4.69) is 16.7 Å². The Kier molecular flexibility index (Phi) is 6.18. The summed E-state index contributed by atoms with van der Waals surface area (Å²) in [5, 5.41) is 16.0. The third kappa shape index (κ3) is 4.81. The summed E-state index contributed by atoms with van der Waals surface area (Å²) in [5.74, 6) is -0.500. The summed E-state index contributed by atoms with van der Waals surface area (Å²) < 4.78 is 0. The van der Waals surface area contributed by atoms with Crippen LogP contribution in [0.5, 0.6) is 0 Å². The predicted molar refractivity (Wildman–Crippen MR) is 99.8 cm³/mol. The quantitative estimate of drug-likeness (QED) is 0.825. The van der Waals surface area contributed by atoms with Gasteiger partial charge in [-0.25, -0.2) is 0 Å². The minimum atomic E-state index is -0.470. The number of carbonyl (C=O) groups is 2. The fraction of sp³-hybridized carbons (Fsp3) is 0.278. The Morgan fingerprint density at radius 2 is 1.92 bits per heavy atom. The summed E-state index contributed by atoms with van der Waals surface area (Å²) in [5.41, 5.74) is 2.14. The molecule has 1 aromatic heterocycles. The number of nitrogens with zero attached hydrogens (tertiary/aromatic N) is 1. The van der Waals surface area contributed by atoms with Crippen LogP contribution in [0.4, 0.5) is 5.00 Å². The molecular formula is C18H18ClN3O2S. The summed E-state index contributed by atoms with van der Waals surface area (Å²) >= 11 is 7.26. The Balaban J connectivity index is 2.17. The van der Waals surface area contributed by atoms with Crippen LogP contribution in [0, 0.1) is 25.2 Å². The summed E-state index contributed by atoms with van der Waals surface area (Å²) in [6.45, 7) is 5.17. The lowest BCUT2D eigenvalue weighted by Crippen LogP contribution is -2.29. The molecule has 0 aliphatic rings. The first kappa shape index (κ1) is 19.0. The van der Waals surface area contributed by atoms with Crippen molar-refractivity contribution in [3.05, 3.63) is 50.9 Å². The van der Waals surface area contributed by atoms with Gasteiger partial charge in [0.25, 0.3) is 0 Å². The largest absolute Gasteiger partial charge is 0.349 e. The van der Waals surface area contributed by atoms with Gasteiger partial charge in [0, 0.05) is 16.8 Å². The Morgan fingerprint density at radius 3 is 2.48 bits per heavy atom. The number of nitriles is 1. The van der Waals surface area contributed by atoms with Crippen LogP contribution in [0.3, 0.4) is 0 Å². The highest BCUT2D eigenvalue weighted by atomic mass is 35.5. The fourth-order valence-electron chi connectivity index (χ4n) is 2.41. The van der Waals surface area contributed by atoms with Crippen molar-refractivity contribution < 1.29 is 9.59 Å². The van der Waals surface area contributed by atoms with Crippen molar-refractivity contribution in [2.75, 3.05) is 5.32 Å². The molecule has 0 spiro atoms. The highest BCUT2D eigenvalue weighted by Gasteiger charge is 2.20. The maximum Gasteiger partial charge on any atom is 0.227 e. The van der Waals surface area contributed by atoms with E-state index < -0.39 is 6.04 Å². The smallest absolute Gasteiger partial charge is 0.227 e. The fourth-order valence-corrected chi connectivity index (χ4v) is 3.56. The number of halogens is 1. The molecule has 0 aliphatic heterocycles. The Hall–Kier alpha value is -2.36. The number of hydrogen-bond acceptors (Lipinski definition) is 4. The Labute approximate surface area is 155 Å². The van der Waals surface area contributed by atoms with Crippen LogP contribution in [0.25, 0.3) is 0 Å². The van der Waals surface area contributed by atoms with Crippen molar-refractivity contribution in [2.24, 2.45) is 0 Å². The van der Waals surface area contributed by atoms with Gasteiger partial charge in [-0.05, 0) is 37.1 Å². The molecule has 5 nitrogen and oxygen atoms in total. The number of amides is 2. The molecule has 2 rings (SSSR count). The van der Waals surface area contributed by atoms with E-state index in [1.807, 2.05) is 13.8 Å². The van der Waals surface area contributed by atoms with E-state index in [0.29, 0.717) is 15.6 Å². The lowest BCUT2D eigenvalue weighted by Gasteiger charge is -2.18. The average molecular weight is 376 g/mol.